The molecular formula is C21H19N3O3. The van der Waals surface area contributed by atoms with Crippen molar-refractivity contribution in [2.45, 2.75) is 19.8 Å². The number of nitrogens with zero attached hydrogens (tertiary/aromatic N) is 2. The molecule has 2 amide bonds. The van der Waals surface area contributed by atoms with Crippen molar-refractivity contribution in [3.8, 4) is 6.07 Å². The largest absolute Gasteiger partial charge is 0.384 e. The molecule has 1 aliphatic heterocycles. The number of nitrogens with one attached hydrogen (secondary N) is 1. The van der Waals surface area contributed by atoms with Crippen molar-refractivity contribution in [1.29, 1.82) is 5.26 Å². The van der Waals surface area contributed by atoms with Gasteiger partial charge in [-0.2, -0.15) is 5.26 Å². The van der Waals surface area contributed by atoms with Gasteiger partial charge in [0.1, 0.15) is 6.07 Å². The summed E-state index contributed by atoms with van der Waals surface area (Å²) in [5, 5.41) is 12.3. The summed E-state index contributed by atoms with van der Waals surface area (Å²) < 4.78 is 0. The second-order valence-corrected chi connectivity index (χ2v) is 6.37. The summed E-state index contributed by atoms with van der Waals surface area (Å²) in [4.78, 5) is 37.4. The van der Waals surface area contributed by atoms with E-state index in [1.54, 1.807) is 42.5 Å². The van der Waals surface area contributed by atoms with Crippen LogP contribution in [0.4, 0.5) is 5.69 Å². The maximum atomic E-state index is 12.3. The van der Waals surface area contributed by atoms with Gasteiger partial charge in [-0.05, 0) is 50.1 Å². The lowest BCUT2D eigenvalue weighted by atomic mass is 10.1. The Morgan fingerprint density at radius 2 is 1.74 bits per heavy atom. The van der Waals surface area contributed by atoms with Crippen molar-refractivity contribution < 1.29 is 14.4 Å². The molecule has 1 aliphatic rings. The number of benzene rings is 2. The predicted octanol–water partition coefficient (Wildman–Crippen LogP) is 3.25. The summed E-state index contributed by atoms with van der Waals surface area (Å²) in [6.07, 6.45) is 1.36. The van der Waals surface area contributed by atoms with Gasteiger partial charge in [0.25, 0.3) is 11.8 Å². The van der Waals surface area contributed by atoms with Crippen LogP contribution in [0, 0.1) is 11.3 Å². The Morgan fingerprint density at radius 3 is 2.33 bits per heavy atom. The van der Waals surface area contributed by atoms with Gasteiger partial charge in [0.15, 0.2) is 5.78 Å². The fraction of sp³-hybridized carbons (Fsp3) is 0.238. The first kappa shape index (κ1) is 18.3. The van der Waals surface area contributed by atoms with Crippen LogP contribution in [0.15, 0.2) is 42.5 Å². The number of amides is 2. The van der Waals surface area contributed by atoms with Gasteiger partial charge in [-0.15, -0.1) is 0 Å². The number of fused-ring (bicyclic) bond motifs is 1. The van der Waals surface area contributed by atoms with E-state index in [1.807, 2.05) is 0 Å². The van der Waals surface area contributed by atoms with Crippen LogP contribution < -0.4 is 5.32 Å². The van der Waals surface area contributed by atoms with E-state index in [0.717, 1.165) is 0 Å². The molecule has 0 saturated heterocycles. The van der Waals surface area contributed by atoms with E-state index in [-0.39, 0.29) is 17.6 Å². The highest BCUT2D eigenvalue weighted by atomic mass is 16.2. The second kappa shape index (κ2) is 7.83. The van der Waals surface area contributed by atoms with E-state index >= 15 is 0 Å². The van der Waals surface area contributed by atoms with Crippen molar-refractivity contribution in [3.05, 3.63) is 64.7 Å². The molecule has 136 valence electrons. The van der Waals surface area contributed by atoms with Crippen molar-refractivity contribution in [2.75, 3.05) is 18.4 Å². The average molecular weight is 361 g/mol. The number of rotatable bonds is 7. The van der Waals surface area contributed by atoms with Crippen molar-refractivity contribution >= 4 is 23.3 Å². The first-order chi connectivity index (χ1) is 13.0. The van der Waals surface area contributed by atoms with E-state index in [4.69, 9.17) is 0 Å². The van der Waals surface area contributed by atoms with E-state index < -0.39 is 0 Å². The molecule has 1 N–H and O–H groups in total. The normalized spacial score (nSPS) is 12.7. The number of anilines is 1. The topological polar surface area (TPSA) is 90.3 Å². The Hall–Kier alpha value is -3.46. The highest BCUT2D eigenvalue weighted by molar-refractivity contribution is 6.21. The summed E-state index contributed by atoms with van der Waals surface area (Å²) >= 11 is 0. The van der Waals surface area contributed by atoms with E-state index in [0.29, 0.717) is 53.9 Å². The smallest absolute Gasteiger partial charge is 0.261 e. The van der Waals surface area contributed by atoms with Crippen molar-refractivity contribution in [2.24, 2.45) is 0 Å². The zero-order valence-corrected chi connectivity index (χ0v) is 15.0. The number of imide groups is 1. The van der Waals surface area contributed by atoms with E-state index in [1.165, 1.54) is 11.8 Å². The molecular weight excluding hydrogens is 342 g/mol. The number of hydrogen-bond acceptors (Lipinski definition) is 5. The molecule has 0 radical (unpaired) electrons. The van der Waals surface area contributed by atoms with Crippen LogP contribution in [0.5, 0.6) is 0 Å². The second-order valence-electron chi connectivity index (χ2n) is 6.37. The first-order valence-corrected chi connectivity index (χ1v) is 8.77. The van der Waals surface area contributed by atoms with Crippen LogP contribution in [0.1, 0.15) is 56.4 Å². The molecule has 6 nitrogen and oxygen atoms in total. The van der Waals surface area contributed by atoms with E-state index in [2.05, 4.69) is 11.4 Å². The third kappa shape index (κ3) is 3.72. The zero-order chi connectivity index (χ0) is 19.4. The number of Topliss-reactive ketones (excluding diaryl/α,β-unsaturated/α-hetero) is 1. The summed E-state index contributed by atoms with van der Waals surface area (Å²) in [5.74, 6) is -0.554. The van der Waals surface area contributed by atoms with Crippen molar-refractivity contribution in [3.63, 3.8) is 0 Å². The minimum atomic E-state index is -0.246. The van der Waals surface area contributed by atoms with Crippen LogP contribution in [0.2, 0.25) is 0 Å². The number of ketones is 1. The monoisotopic (exact) mass is 361 g/mol. The van der Waals surface area contributed by atoms with Crippen LogP contribution in [0.25, 0.3) is 0 Å². The Balaban J connectivity index is 1.53. The highest BCUT2D eigenvalue weighted by Crippen LogP contribution is 2.23. The molecule has 0 atom stereocenters. The molecule has 2 aromatic carbocycles. The highest BCUT2D eigenvalue weighted by Gasteiger charge is 2.34. The lowest BCUT2D eigenvalue weighted by molar-refractivity contribution is 0.0651. The van der Waals surface area contributed by atoms with Crippen LogP contribution in [0.3, 0.4) is 0 Å². The summed E-state index contributed by atoms with van der Waals surface area (Å²) in [6.45, 7) is 2.40. The molecule has 3 rings (SSSR count). The van der Waals surface area contributed by atoms with Gasteiger partial charge in [-0.25, -0.2) is 0 Å². The van der Waals surface area contributed by atoms with Gasteiger partial charge >= 0.3 is 0 Å². The van der Waals surface area contributed by atoms with Gasteiger partial charge in [-0.3, -0.25) is 19.3 Å². The Bertz CT molecular complexity index is 924. The average Bonchev–Trinajstić information content (AvgIpc) is 2.92. The third-order valence-electron chi connectivity index (χ3n) is 4.55. The number of nitriles is 1. The SMILES string of the molecule is CC(=O)c1ccc(C#N)c(NCCCCN2C(=O)c3ccccc3C2=O)c1. The molecule has 2 aromatic rings. The third-order valence-corrected chi connectivity index (χ3v) is 4.55. The lowest BCUT2D eigenvalue weighted by Gasteiger charge is -2.14. The maximum absolute atomic E-state index is 12.3. The number of unbranched alkanes of at least 4 members (excludes halogenated alkanes) is 1. The van der Waals surface area contributed by atoms with Crippen LogP contribution in [-0.2, 0) is 0 Å². The molecule has 6 heteroatoms. The molecule has 27 heavy (non-hydrogen) atoms. The molecule has 0 bridgehead atoms. The van der Waals surface area contributed by atoms with Gasteiger partial charge < -0.3 is 5.32 Å². The maximum Gasteiger partial charge on any atom is 0.261 e. The van der Waals surface area contributed by atoms with Crippen LogP contribution in [-0.4, -0.2) is 35.6 Å². The Morgan fingerprint density at radius 1 is 1.07 bits per heavy atom. The molecule has 0 aromatic heterocycles. The number of carbonyl (C=O) groups excluding carboxylic acids is 3. The molecule has 0 fully saturated rings. The minimum Gasteiger partial charge on any atom is -0.384 e. The van der Waals surface area contributed by atoms with Crippen molar-refractivity contribution in [1.82, 2.24) is 4.90 Å². The summed E-state index contributed by atoms with van der Waals surface area (Å²) in [5.41, 5.74) is 2.55. The molecule has 0 unspecified atom stereocenters. The molecule has 0 spiro atoms. The number of hydrogen-bond donors (Lipinski definition) is 1. The first-order valence-electron chi connectivity index (χ1n) is 8.77. The zero-order valence-electron chi connectivity index (χ0n) is 15.0. The molecule has 0 saturated carbocycles. The number of carbonyl (C=O) groups is 3. The minimum absolute atomic E-state index is 0.0619. The molecule has 1 heterocycles. The predicted molar refractivity (Wildman–Crippen MR) is 101 cm³/mol. The van der Waals surface area contributed by atoms with Crippen LogP contribution >= 0.6 is 0 Å². The fourth-order valence-electron chi connectivity index (χ4n) is 3.07. The van der Waals surface area contributed by atoms with Gasteiger partial charge in [-0.1, -0.05) is 12.1 Å². The summed E-state index contributed by atoms with van der Waals surface area (Å²) in [7, 11) is 0. The quantitative estimate of drug-likeness (QED) is 0.464. The van der Waals surface area contributed by atoms with Gasteiger partial charge in [0, 0.05) is 18.7 Å². The van der Waals surface area contributed by atoms with Gasteiger partial charge in [0.2, 0.25) is 0 Å². The van der Waals surface area contributed by atoms with E-state index in [9.17, 15) is 19.6 Å². The van der Waals surface area contributed by atoms with Gasteiger partial charge in [0.05, 0.1) is 22.4 Å². The Kier molecular flexibility index (Phi) is 5.32. The Labute approximate surface area is 157 Å². The fourth-order valence-corrected chi connectivity index (χ4v) is 3.07. The standard InChI is InChI=1S/C21H19N3O3/c1-14(25)15-8-9-16(13-22)19(12-15)23-10-4-5-11-24-20(26)17-6-2-3-7-18(17)21(24)27/h2-3,6-9,12,23H,4-5,10-11H2,1H3. The molecule has 0 aliphatic carbocycles. The summed E-state index contributed by atoms with van der Waals surface area (Å²) in [6, 6.07) is 13.9. The lowest BCUT2D eigenvalue weighted by Crippen LogP contribution is -2.30.